The number of halogens is 30. The van der Waals surface area contributed by atoms with E-state index in [1.165, 1.54) is 97.1 Å². The van der Waals surface area contributed by atoms with Crippen LogP contribution in [0.2, 0.25) is 0 Å². The molecule has 12 aromatic rings. The van der Waals surface area contributed by atoms with Gasteiger partial charge >= 0.3 is 35.8 Å². The number of ether oxygens (including phenoxy) is 12. The summed E-state index contributed by atoms with van der Waals surface area (Å²) in [5.41, 5.74) is -9.13. The highest BCUT2D eigenvalue weighted by atomic mass is 127. The summed E-state index contributed by atoms with van der Waals surface area (Å²) in [5.74, 6) is -56.7. The zero-order valence-corrected chi connectivity index (χ0v) is 80.7. The second-order valence-electron chi connectivity index (χ2n) is 27.9. The first-order valence-electron chi connectivity index (χ1n) is 37.9. The Morgan fingerprint density at radius 1 is 0.188 bits per heavy atom. The second kappa shape index (κ2) is 45.9. The number of rotatable bonds is 35. The lowest BCUT2D eigenvalue weighted by atomic mass is 9.94. The lowest BCUT2D eigenvalue weighted by Gasteiger charge is -2.19. The lowest BCUT2D eigenvalue weighted by molar-refractivity contribution is -0.148. The van der Waals surface area contributed by atoms with Crippen LogP contribution in [0.5, 0.6) is 34.5 Å². The van der Waals surface area contributed by atoms with E-state index in [1.807, 2.05) is 0 Å². The SMILES string of the molecule is O=C(COc1cccc(-c2ccc(-c3ccc(-c4ccc(-c5ccc(-c6cccc(OCC(=O)OCc7c(F)c(F)c(I)c(F)c7F)c6)cc5OCC(=O)OCc5c(F)c(F)c(I)c(F)c5F)c(OCC(=O)OCc5c(F)c(F)c(I)c(F)c5F)c4)cc3OCC(=O)OCc3c(F)c(F)c(I)c(F)c3F)c(OCC(=O)OCc3c(F)c(F)c(I)c(F)c3F)c2)c1)OCc1c(F)c(F)c(I)c(F)c1F. The highest BCUT2D eigenvalue weighted by Gasteiger charge is 2.34. The summed E-state index contributed by atoms with van der Waals surface area (Å²) in [6.07, 6.45) is 0. The number of benzene rings is 12. The third-order valence-corrected chi connectivity index (χ3v) is 25.0. The van der Waals surface area contributed by atoms with Crippen molar-refractivity contribution in [3.63, 3.8) is 0 Å². The molecule has 0 saturated carbocycles. The van der Waals surface area contributed by atoms with Gasteiger partial charge in [0.1, 0.15) is 74.1 Å². The van der Waals surface area contributed by atoms with Gasteiger partial charge < -0.3 is 56.8 Å². The molecule has 0 heterocycles. The molecule has 0 radical (unpaired) electrons. The maximum atomic E-state index is 15.2. The molecule has 722 valence electrons. The molecule has 0 aromatic heterocycles. The minimum Gasteiger partial charge on any atom is -0.482 e. The molecule has 0 aliphatic carbocycles. The van der Waals surface area contributed by atoms with Crippen LogP contribution in [0.1, 0.15) is 33.4 Å². The smallest absolute Gasteiger partial charge is 0.344 e. The molecular weight excluding hydrogens is 2590 g/mol. The van der Waals surface area contributed by atoms with Crippen LogP contribution in [0.4, 0.5) is 105 Å². The minimum absolute atomic E-state index is 0.0531. The van der Waals surface area contributed by atoms with Gasteiger partial charge in [0.05, 0.1) is 54.8 Å². The van der Waals surface area contributed by atoms with Crippen LogP contribution >= 0.6 is 136 Å². The monoisotopic (exact) mass is 2630 g/mol. The van der Waals surface area contributed by atoms with E-state index in [4.69, 9.17) is 56.8 Å². The Labute approximate surface area is 840 Å². The van der Waals surface area contributed by atoms with Crippen molar-refractivity contribution >= 4 is 171 Å². The molecule has 0 saturated heterocycles. The maximum absolute atomic E-state index is 15.2. The molecule has 12 rings (SSSR count). The van der Waals surface area contributed by atoms with Crippen LogP contribution < -0.4 is 28.4 Å². The van der Waals surface area contributed by atoms with Crippen LogP contribution in [0.3, 0.4) is 0 Å². The van der Waals surface area contributed by atoms with E-state index in [0.29, 0.717) is 0 Å². The summed E-state index contributed by atoms with van der Waals surface area (Å²) < 4.78 is 414. The second-order valence-corrected chi connectivity index (χ2v) is 34.4. The van der Waals surface area contributed by atoms with Crippen LogP contribution in [0, 0.1) is 161 Å². The zero-order valence-electron chi connectivity index (χ0n) is 67.7. The first kappa shape index (κ1) is 106. The van der Waals surface area contributed by atoms with E-state index in [2.05, 4.69) is 0 Å². The van der Waals surface area contributed by atoms with Crippen molar-refractivity contribution in [1.29, 1.82) is 0 Å². The fraction of sp³-hybridized carbons (Fsp3) is 0.133. The quantitative estimate of drug-likeness (QED) is 0.00902. The molecule has 0 fully saturated rings. The fourth-order valence-corrected chi connectivity index (χ4v) is 15.2. The molecule has 0 aliphatic heterocycles. The Morgan fingerprint density at radius 2 is 0.341 bits per heavy atom. The number of hydrogen-bond acceptors (Lipinski definition) is 18. The van der Waals surface area contributed by atoms with Crippen molar-refractivity contribution in [3.05, 3.63) is 316 Å². The van der Waals surface area contributed by atoms with E-state index in [9.17, 15) is 99.0 Å². The number of esters is 6. The predicted molar refractivity (Wildman–Crippen MR) is 479 cm³/mol. The van der Waals surface area contributed by atoms with Crippen LogP contribution in [0.25, 0.3) is 55.6 Å². The molecule has 0 aliphatic rings. The van der Waals surface area contributed by atoms with Crippen molar-refractivity contribution in [2.75, 3.05) is 39.6 Å². The van der Waals surface area contributed by atoms with Crippen molar-refractivity contribution < 1.29 is 191 Å². The molecule has 0 unspecified atom stereocenters. The number of hydrogen-bond donors (Lipinski definition) is 0. The zero-order chi connectivity index (χ0) is 101. The van der Waals surface area contributed by atoms with E-state index in [0.717, 1.165) is 160 Å². The normalized spacial score (nSPS) is 11.2. The molecule has 138 heavy (non-hydrogen) atoms. The van der Waals surface area contributed by atoms with Gasteiger partial charge in [-0.15, -0.1) is 0 Å². The third kappa shape index (κ3) is 23.6. The molecule has 0 N–H and O–H groups in total. The highest BCUT2D eigenvalue weighted by molar-refractivity contribution is 14.1. The Bertz CT molecular complexity index is 6370. The summed E-state index contributed by atoms with van der Waals surface area (Å²) in [4.78, 5) is 80.6. The molecular formula is C90H44F24I6O18. The maximum Gasteiger partial charge on any atom is 0.344 e. The molecule has 0 atom stereocenters. The first-order valence-corrected chi connectivity index (χ1v) is 44.4. The lowest BCUT2D eigenvalue weighted by Crippen LogP contribution is -2.18. The summed E-state index contributed by atoms with van der Waals surface area (Å²) in [6, 6.07) is 24.9. The molecule has 48 heteroatoms. The van der Waals surface area contributed by atoms with E-state index >= 15 is 35.1 Å². The average molecular weight is 2630 g/mol. The Morgan fingerprint density at radius 3 is 0.507 bits per heavy atom. The summed E-state index contributed by atoms with van der Waals surface area (Å²) in [7, 11) is 0. The van der Waals surface area contributed by atoms with Gasteiger partial charge in [-0.3, -0.25) is 0 Å². The standard InChI is InChI=1S/C90H44F24I6O18/c91-61-45(62(92)74(104)85(115)73(61)103)21-133-55(121)27-127-39-5-1-3-33(15-39)35-7-11-41(51(17-35)129-29-57(123)135-23-47-65(95)77(107)87(117)78(108)66(47)96)43-13-9-37(19-53(43)131-31-59(125)137-25-49-69(99)81(111)89(119)82(112)70(49)100)38-10-14-44(54(20-38)132-32-60(126)138-26-50-71(101)83(113)90(120)84(114)72(50)102)42-12-8-36(18-52(42)130-30-58(124)136-24-48-67(97)79(109)88(118)80(110)68(48)98)34-4-2-6-40(16-34)128-28-56(122)134-22-46-63(93)75(105)86(116)76(106)64(46)94/h1-20H,21-32H2. The highest BCUT2D eigenvalue weighted by Crippen LogP contribution is 2.46. The molecule has 0 bridgehead atoms. The Kier molecular flexibility index (Phi) is 35.2. The van der Waals surface area contributed by atoms with Crippen LogP contribution in [-0.2, 0) is 96.8 Å². The van der Waals surface area contributed by atoms with Crippen molar-refractivity contribution in [2.24, 2.45) is 0 Å². The van der Waals surface area contributed by atoms with Gasteiger partial charge in [-0.1, -0.05) is 48.5 Å². The van der Waals surface area contributed by atoms with Crippen molar-refractivity contribution in [1.82, 2.24) is 0 Å². The van der Waals surface area contributed by atoms with E-state index in [1.54, 1.807) is 0 Å². The van der Waals surface area contributed by atoms with Gasteiger partial charge in [0, 0.05) is 22.3 Å². The topological polar surface area (TPSA) is 213 Å². The first-order chi connectivity index (χ1) is 65.4. The van der Waals surface area contributed by atoms with Crippen LogP contribution in [-0.4, -0.2) is 75.5 Å². The van der Waals surface area contributed by atoms with Gasteiger partial charge in [-0.2, -0.15) is 0 Å². The largest absolute Gasteiger partial charge is 0.482 e. The molecule has 18 nitrogen and oxygen atoms in total. The van der Waals surface area contributed by atoms with Crippen LogP contribution in [0.15, 0.2) is 121 Å². The minimum atomic E-state index is -1.99. The summed E-state index contributed by atoms with van der Waals surface area (Å²) in [5, 5.41) is 0. The third-order valence-electron chi connectivity index (χ3n) is 19.3. The molecule has 0 spiro atoms. The number of carbonyl (C=O) groups is 6. The Balaban J connectivity index is 0.949. The molecule has 0 amide bonds. The van der Waals surface area contributed by atoms with E-state index in [-0.39, 0.29) is 67.1 Å². The Hall–Kier alpha value is -11.0. The van der Waals surface area contributed by atoms with Gasteiger partial charge in [-0.25, -0.2) is 134 Å². The van der Waals surface area contributed by atoms with Gasteiger partial charge in [0.25, 0.3) is 0 Å². The van der Waals surface area contributed by atoms with Gasteiger partial charge in [0.2, 0.25) is 0 Å². The van der Waals surface area contributed by atoms with E-state index < -0.39 is 333 Å². The average Bonchev–Trinajstić information content (AvgIpc) is 0.770. The number of carbonyl (C=O) groups excluding carboxylic acids is 6. The van der Waals surface area contributed by atoms with Gasteiger partial charge in [-0.05, 0) is 242 Å². The molecule has 12 aromatic carbocycles. The summed E-state index contributed by atoms with van der Waals surface area (Å²) >= 11 is 5.85. The fourth-order valence-electron chi connectivity index (χ4n) is 12.4. The van der Waals surface area contributed by atoms with Crippen molar-refractivity contribution in [2.45, 2.75) is 39.6 Å². The van der Waals surface area contributed by atoms with Crippen molar-refractivity contribution in [3.8, 4) is 90.1 Å². The summed E-state index contributed by atoms with van der Waals surface area (Å²) in [6.45, 7) is -16.0. The van der Waals surface area contributed by atoms with Gasteiger partial charge in [0.15, 0.2) is 179 Å². The predicted octanol–water partition coefficient (Wildman–Crippen LogP) is 23.7.